The molecule has 1 aromatic carbocycles. The summed E-state index contributed by atoms with van der Waals surface area (Å²) in [7, 11) is 0. The Balaban J connectivity index is 1.21. The molecule has 7 rings (SSSR count). The van der Waals surface area contributed by atoms with Crippen LogP contribution in [0, 0.1) is 11.3 Å². The number of hydrogen-bond donors (Lipinski definition) is 1. The standard InChI is InChI=1S/C30H28F2N8S/c1-41-26-5-2-19(3-6-26)15-39-24-9-25(39)18-38(17-24)28-7-4-20(12-35-28)27-8-21(13-36-29(27)22(10-33)11-34)23-14-37-40(16-23)30(31)32/h2-8,10,12-14,16,24-25,30H,9,15,17-18,33H2,1H3. The van der Waals surface area contributed by atoms with Crippen molar-refractivity contribution in [2.24, 2.45) is 5.73 Å². The lowest BCUT2D eigenvalue weighted by Gasteiger charge is -2.56. The molecule has 0 amide bonds. The summed E-state index contributed by atoms with van der Waals surface area (Å²) >= 11 is 1.75. The third-order valence-electron chi connectivity index (χ3n) is 7.82. The van der Waals surface area contributed by atoms with E-state index in [1.807, 2.05) is 12.1 Å². The number of nitrogens with zero attached hydrogens (tertiary/aromatic N) is 7. The number of piperidine rings is 1. The van der Waals surface area contributed by atoms with E-state index in [1.165, 1.54) is 41.7 Å². The van der Waals surface area contributed by atoms with Crippen molar-refractivity contribution in [1.29, 1.82) is 5.26 Å². The molecule has 3 aliphatic heterocycles. The van der Waals surface area contributed by atoms with Gasteiger partial charge < -0.3 is 10.6 Å². The monoisotopic (exact) mass is 570 g/mol. The lowest BCUT2D eigenvalue weighted by molar-refractivity contribution is -0.00869. The number of nitriles is 1. The van der Waals surface area contributed by atoms with Crippen LogP contribution >= 0.6 is 11.8 Å². The van der Waals surface area contributed by atoms with Crippen LogP contribution in [0.5, 0.6) is 0 Å². The molecule has 2 N–H and O–H groups in total. The van der Waals surface area contributed by atoms with Gasteiger partial charge in [0.05, 0.1) is 17.5 Å². The molecule has 6 heterocycles. The number of aromatic nitrogens is 4. The fourth-order valence-corrected chi connectivity index (χ4v) is 6.04. The van der Waals surface area contributed by atoms with Gasteiger partial charge in [-0.05, 0) is 48.6 Å². The van der Waals surface area contributed by atoms with Crippen molar-refractivity contribution in [3.05, 3.63) is 84.7 Å². The minimum absolute atomic E-state index is 0.207. The summed E-state index contributed by atoms with van der Waals surface area (Å²) in [5.74, 6) is 0.895. The number of nitrogens with two attached hydrogens (primary N) is 1. The maximum absolute atomic E-state index is 13.1. The Morgan fingerprint density at radius 1 is 1.07 bits per heavy atom. The second-order valence-corrected chi connectivity index (χ2v) is 11.1. The van der Waals surface area contributed by atoms with Crippen LogP contribution in [0.15, 0.2) is 78.3 Å². The van der Waals surface area contributed by atoms with Crippen LogP contribution < -0.4 is 10.6 Å². The van der Waals surface area contributed by atoms with Crippen molar-refractivity contribution in [3.63, 3.8) is 0 Å². The fourth-order valence-electron chi connectivity index (χ4n) is 5.63. The molecule has 41 heavy (non-hydrogen) atoms. The van der Waals surface area contributed by atoms with Gasteiger partial charge in [-0.1, -0.05) is 12.1 Å². The molecule has 0 spiro atoms. The first-order chi connectivity index (χ1) is 20.0. The highest BCUT2D eigenvalue weighted by Gasteiger charge is 2.44. The summed E-state index contributed by atoms with van der Waals surface area (Å²) in [5.41, 5.74) is 10.1. The number of benzene rings is 1. The number of pyridine rings is 2. The zero-order valence-corrected chi connectivity index (χ0v) is 23.2. The highest BCUT2D eigenvalue weighted by molar-refractivity contribution is 7.98. The summed E-state index contributed by atoms with van der Waals surface area (Å²) in [5, 5.41) is 13.3. The number of halogens is 2. The van der Waals surface area contributed by atoms with Crippen molar-refractivity contribution in [1.82, 2.24) is 24.6 Å². The van der Waals surface area contributed by atoms with Crippen molar-refractivity contribution < 1.29 is 8.78 Å². The van der Waals surface area contributed by atoms with E-state index in [0.29, 0.717) is 39.1 Å². The van der Waals surface area contributed by atoms with Gasteiger partial charge in [0.25, 0.3) is 0 Å². The smallest absolute Gasteiger partial charge is 0.333 e. The molecule has 0 radical (unpaired) electrons. The Morgan fingerprint density at radius 2 is 1.83 bits per heavy atom. The molecule has 208 valence electrons. The first kappa shape index (κ1) is 26.9. The molecule has 0 aliphatic carbocycles. The van der Waals surface area contributed by atoms with Crippen LogP contribution in [0.4, 0.5) is 14.6 Å². The van der Waals surface area contributed by atoms with Gasteiger partial charge in [0, 0.05) is 83.7 Å². The van der Waals surface area contributed by atoms with Gasteiger partial charge in [-0.25, -0.2) is 9.67 Å². The second kappa shape index (κ2) is 11.3. The number of alkyl halides is 2. The van der Waals surface area contributed by atoms with Crippen LogP contribution in [0.2, 0.25) is 0 Å². The second-order valence-electron chi connectivity index (χ2n) is 10.2. The number of anilines is 1. The molecule has 11 heteroatoms. The normalized spacial score (nSPS) is 18.8. The van der Waals surface area contributed by atoms with Crippen LogP contribution in [0.3, 0.4) is 0 Å². The molecule has 3 aromatic heterocycles. The van der Waals surface area contributed by atoms with Crippen molar-refractivity contribution >= 4 is 23.2 Å². The van der Waals surface area contributed by atoms with Gasteiger partial charge in [-0.15, -0.1) is 11.8 Å². The average molecular weight is 571 g/mol. The van der Waals surface area contributed by atoms with E-state index in [2.05, 4.69) is 56.5 Å². The summed E-state index contributed by atoms with van der Waals surface area (Å²) in [6.45, 7) is 0.0485. The Bertz CT molecular complexity index is 1600. The Kier molecular flexibility index (Phi) is 7.43. The van der Waals surface area contributed by atoms with Gasteiger partial charge in [0.1, 0.15) is 11.9 Å². The molecule has 2 bridgehead atoms. The lowest BCUT2D eigenvalue weighted by atomic mass is 9.86. The highest BCUT2D eigenvalue weighted by atomic mass is 32.2. The zero-order valence-electron chi connectivity index (χ0n) is 22.4. The molecule has 8 nitrogen and oxygen atoms in total. The molecular weight excluding hydrogens is 542 g/mol. The van der Waals surface area contributed by atoms with Crippen molar-refractivity contribution in [2.75, 3.05) is 24.2 Å². The minimum atomic E-state index is -2.74. The molecule has 0 saturated carbocycles. The number of fused-ring (bicyclic) bond motifs is 2. The molecule has 3 fully saturated rings. The van der Waals surface area contributed by atoms with E-state index in [4.69, 9.17) is 10.7 Å². The topological polar surface area (TPSA) is 99.9 Å². The zero-order chi connectivity index (χ0) is 28.5. The Labute approximate surface area is 241 Å². The third-order valence-corrected chi connectivity index (χ3v) is 8.56. The lowest BCUT2D eigenvalue weighted by Crippen LogP contribution is -2.68. The van der Waals surface area contributed by atoms with Crippen LogP contribution in [-0.4, -0.2) is 56.1 Å². The number of rotatable bonds is 8. The third kappa shape index (κ3) is 5.28. The van der Waals surface area contributed by atoms with E-state index in [1.54, 1.807) is 24.0 Å². The summed E-state index contributed by atoms with van der Waals surface area (Å²) in [6, 6.07) is 17.6. The van der Waals surface area contributed by atoms with Gasteiger partial charge in [0.15, 0.2) is 0 Å². The number of piperazine rings is 1. The van der Waals surface area contributed by atoms with Crippen LogP contribution in [-0.2, 0) is 6.54 Å². The Morgan fingerprint density at radius 3 is 2.44 bits per heavy atom. The van der Waals surface area contributed by atoms with Gasteiger partial charge in [-0.3, -0.25) is 9.88 Å². The Hall–Kier alpha value is -4.27. The summed E-state index contributed by atoms with van der Waals surface area (Å²) in [6.07, 6.45) is 10.4. The van der Waals surface area contributed by atoms with Crippen LogP contribution in [0.1, 0.15) is 24.2 Å². The van der Waals surface area contributed by atoms with E-state index in [9.17, 15) is 14.0 Å². The summed E-state index contributed by atoms with van der Waals surface area (Å²) < 4.78 is 26.7. The molecule has 2 atom stereocenters. The number of allylic oxidation sites excluding steroid dienone is 1. The van der Waals surface area contributed by atoms with Gasteiger partial charge in [0.2, 0.25) is 0 Å². The quantitative estimate of drug-likeness (QED) is 0.222. The minimum Gasteiger partial charge on any atom is -0.403 e. The fraction of sp³-hybridized carbons (Fsp3) is 0.267. The first-order valence-electron chi connectivity index (χ1n) is 13.2. The predicted octanol–water partition coefficient (Wildman–Crippen LogP) is 5.41. The van der Waals surface area contributed by atoms with E-state index in [-0.39, 0.29) is 5.57 Å². The van der Waals surface area contributed by atoms with E-state index in [0.717, 1.165) is 31.0 Å². The molecule has 3 aliphatic rings. The maximum atomic E-state index is 13.1. The number of hydrogen-bond acceptors (Lipinski definition) is 8. The molecule has 2 unspecified atom stereocenters. The average Bonchev–Trinajstić information content (AvgIpc) is 3.52. The van der Waals surface area contributed by atoms with Crippen LogP contribution in [0.25, 0.3) is 27.8 Å². The van der Waals surface area contributed by atoms with Crippen molar-refractivity contribution in [2.45, 2.75) is 36.5 Å². The van der Waals surface area contributed by atoms with E-state index < -0.39 is 6.55 Å². The summed E-state index contributed by atoms with van der Waals surface area (Å²) in [4.78, 5) is 15.4. The molecule has 4 aromatic rings. The SMILES string of the molecule is CSc1ccc(CN2C3CC2CN(c2ccc(-c4cc(-c5cnn(C(F)F)c5)cnc4C(C#N)=CN)cn2)C3)cc1. The highest BCUT2D eigenvalue weighted by Crippen LogP contribution is 2.37. The predicted molar refractivity (Wildman–Crippen MR) is 156 cm³/mol. The maximum Gasteiger partial charge on any atom is 0.333 e. The van der Waals surface area contributed by atoms with Gasteiger partial charge >= 0.3 is 6.55 Å². The number of thioether (sulfide) groups is 1. The largest absolute Gasteiger partial charge is 0.403 e. The molecular formula is C30H28F2N8S. The van der Waals surface area contributed by atoms with E-state index >= 15 is 0 Å². The van der Waals surface area contributed by atoms with Crippen molar-refractivity contribution in [3.8, 4) is 28.3 Å². The first-order valence-corrected chi connectivity index (χ1v) is 14.4. The van der Waals surface area contributed by atoms with Gasteiger partial charge in [-0.2, -0.15) is 19.1 Å². The molecule has 3 saturated heterocycles.